The van der Waals surface area contributed by atoms with Crippen LogP contribution in [0.1, 0.15) is 33.4 Å². The Balaban J connectivity index is 1.60. The number of nitrogens with one attached hydrogen (secondary N) is 1. The summed E-state index contributed by atoms with van der Waals surface area (Å²) in [5, 5.41) is 0.590. The van der Waals surface area contributed by atoms with Crippen molar-refractivity contribution < 1.29 is 4.79 Å². The molecule has 1 fully saturated rings. The van der Waals surface area contributed by atoms with Crippen LogP contribution in [-0.2, 0) is 0 Å². The second kappa shape index (κ2) is 5.83. The van der Waals surface area contributed by atoms with Gasteiger partial charge < -0.3 is 9.88 Å². The van der Waals surface area contributed by atoms with Crippen molar-refractivity contribution in [2.75, 3.05) is 13.1 Å². The normalized spacial score (nSPS) is 17.5. The lowest BCUT2D eigenvalue weighted by Crippen LogP contribution is -2.28. The summed E-state index contributed by atoms with van der Waals surface area (Å²) in [6, 6.07) is 5.44. The van der Waals surface area contributed by atoms with Gasteiger partial charge in [-0.05, 0) is 31.5 Å². The number of fused-ring (bicyclic) bond motifs is 1. The second-order valence-electron chi connectivity index (χ2n) is 5.99. The average molecular weight is 340 g/mol. The van der Waals surface area contributed by atoms with Gasteiger partial charge in [-0.25, -0.2) is 4.98 Å². The van der Waals surface area contributed by atoms with Gasteiger partial charge in [0.05, 0.1) is 22.1 Å². The lowest BCUT2D eigenvalue weighted by molar-refractivity contribution is 0.0794. The summed E-state index contributed by atoms with van der Waals surface area (Å²) in [7, 11) is 0. The van der Waals surface area contributed by atoms with Crippen molar-refractivity contribution in [1.82, 2.24) is 19.9 Å². The lowest BCUT2D eigenvalue weighted by atomic mass is 10.0. The summed E-state index contributed by atoms with van der Waals surface area (Å²) < 4.78 is 0. The van der Waals surface area contributed by atoms with E-state index >= 15 is 0 Å². The molecule has 0 unspecified atom stereocenters. The van der Waals surface area contributed by atoms with E-state index in [0.717, 1.165) is 17.8 Å². The molecule has 1 N–H and O–H groups in total. The molecule has 4 heterocycles. The number of aryl methyl sites for hydroxylation is 1. The number of thiazole rings is 1. The number of aromatic nitrogens is 3. The number of likely N-dealkylation sites (tertiary alicyclic amines) is 1. The Bertz CT molecular complexity index is 978. The van der Waals surface area contributed by atoms with E-state index < -0.39 is 0 Å². The molecule has 1 atom stereocenters. The third-order valence-electron chi connectivity index (χ3n) is 4.49. The van der Waals surface area contributed by atoms with Gasteiger partial charge in [-0.1, -0.05) is 0 Å². The molecule has 1 aliphatic rings. The van der Waals surface area contributed by atoms with Crippen LogP contribution < -0.4 is 5.56 Å². The number of aromatic amines is 1. The zero-order valence-electron chi connectivity index (χ0n) is 13.2. The summed E-state index contributed by atoms with van der Waals surface area (Å²) >= 11 is 1.38. The Kier molecular flexibility index (Phi) is 3.65. The molecule has 0 radical (unpaired) electrons. The standard InChI is InChI=1S/C17H16N4O2S/c1-10-15(24-9-19-10)17(23)21-6-4-11(8-21)13-7-14-12(16(22)20-13)3-2-5-18-14/h2-3,5,7,9,11H,4,6,8H2,1H3,(H,20,22)/t11-/m1/s1. The minimum atomic E-state index is -0.126. The van der Waals surface area contributed by atoms with Gasteiger partial charge in [0.25, 0.3) is 11.5 Å². The van der Waals surface area contributed by atoms with Crippen molar-refractivity contribution in [3.8, 4) is 0 Å². The minimum Gasteiger partial charge on any atom is -0.337 e. The number of rotatable bonds is 2. The maximum Gasteiger partial charge on any atom is 0.265 e. The number of H-pyrrole nitrogens is 1. The third-order valence-corrected chi connectivity index (χ3v) is 5.40. The molecule has 0 aliphatic carbocycles. The predicted molar refractivity (Wildman–Crippen MR) is 92.5 cm³/mol. The molecule has 1 saturated heterocycles. The highest BCUT2D eigenvalue weighted by Gasteiger charge is 2.30. The third kappa shape index (κ3) is 2.50. The van der Waals surface area contributed by atoms with Crippen molar-refractivity contribution >= 4 is 28.1 Å². The highest BCUT2D eigenvalue weighted by atomic mass is 32.1. The Labute approximate surface area is 142 Å². The van der Waals surface area contributed by atoms with Gasteiger partial charge in [0.1, 0.15) is 4.88 Å². The molecule has 24 heavy (non-hydrogen) atoms. The number of amides is 1. The van der Waals surface area contributed by atoms with Crippen molar-refractivity contribution in [2.24, 2.45) is 0 Å². The average Bonchev–Trinajstić information content (AvgIpc) is 3.23. The van der Waals surface area contributed by atoms with Crippen molar-refractivity contribution in [1.29, 1.82) is 0 Å². The molecule has 7 heteroatoms. The van der Waals surface area contributed by atoms with Crippen LogP contribution >= 0.6 is 11.3 Å². The number of hydrogen-bond donors (Lipinski definition) is 1. The van der Waals surface area contributed by atoms with E-state index in [0.29, 0.717) is 28.9 Å². The fraction of sp³-hybridized carbons (Fsp3) is 0.294. The summed E-state index contributed by atoms with van der Waals surface area (Å²) in [5.74, 6) is 0.153. The van der Waals surface area contributed by atoms with E-state index in [1.54, 1.807) is 23.8 Å². The number of carbonyl (C=O) groups is 1. The number of pyridine rings is 2. The minimum absolute atomic E-state index is 0.0266. The van der Waals surface area contributed by atoms with Crippen LogP contribution in [0.25, 0.3) is 10.9 Å². The van der Waals surface area contributed by atoms with Crippen LogP contribution in [0.2, 0.25) is 0 Å². The van der Waals surface area contributed by atoms with Gasteiger partial charge >= 0.3 is 0 Å². The summed E-state index contributed by atoms with van der Waals surface area (Å²) in [5.41, 5.74) is 3.89. The van der Waals surface area contributed by atoms with Gasteiger partial charge in [-0.15, -0.1) is 11.3 Å². The van der Waals surface area contributed by atoms with Crippen LogP contribution in [0, 0.1) is 6.92 Å². The smallest absolute Gasteiger partial charge is 0.265 e. The van der Waals surface area contributed by atoms with Crippen LogP contribution in [0.5, 0.6) is 0 Å². The molecule has 6 nitrogen and oxygen atoms in total. The topological polar surface area (TPSA) is 79.0 Å². The fourth-order valence-corrected chi connectivity index (χ4v) is 3.95. The highest BCUT2D eigenvalue weighted by Crippen LogP contribution is 2.28. The van der Waals surface area contributed by atoms with Gasteiger partial charge in [-0.2, -0.15) is 0 Å². The molecule has 4 rings (SSSR count). The molecule has 1 amide bonds. The van der Waals surface area contributed by atoms with Gasteiger partial charge in [0.15, 0.2) is 0 Å². The highest BCUT2D eigenvalue weighted by molar-refractivity contribution is 7.11. The fourth-order valence-electron chi connectivity index (χ4n) is 3.18. The number of nitrogens with zero attached hydrogens (tertiary/aromatic N) is 3. The Hall–Kier alpha value is -2.54. The summed E-state index contributed by atoms with van der Waals surface area (Å²) in [6.07, 6.45) is 2.51. The van der Waals surface area contributed by atoms with Crippen molar-refractivity contribution in [2.45, 2.75) is 19.3 Å². The maximum absolute atomic E-state index is 12.6. The van der Waals surface area contributed by atoms with E-state index in [4.69, 9.17) is 0 Å². The molecular formula is C17H16N4O2S. The Morgan fingerprint density at radius 2 is 2.29 bits per heavy atom. The molecule has 0 aromatic carbocycles. The van der Waals surface area contributed by atoms with Crippen molar-refractivity contribution in [3.63, 3.8) is 0 Å². The zero-order chi connectivity index (χ0) is 16.7. The molecule has 122 valence electrons. The number of hydrogen-bond acceptors (Lipinski definition) is 5. The summed E-state index contributed by atoms with van der Waals surface area (Å²) in [6.45, 7) is 3.14. The first-order valence-electron chi connectivity index (χ1n) is 7.81. The molecule has 1 aliphatic heterocycles. The first-order chi connectivity index (χ1) is 11.6. The first-order valence-corrected chi connectivity index (χ1v) is 8.69. The van der Waals surface area contributed by atoms with Crippen LogP contribution in [0.15, 0.2) is 34.7 Å². The second-order valence-corrected chi connectivity index (χ2v) is 6.85. The van der Waals surface area contributed by atoms with E-state index in [1.165, 1.54) is 11.3 Å². The van der Waals surface area contributed by atoms with E-state index in [1.807, 2.05) is 17.9 Å². The molecule has 3 aromatic rings. The molecule has 0 saturated carbocycles. The van der Waals surface area contributed by atoms with Crippen LogP contribution in [0.3, 0.4) is 0 Å². The van der Waals surface area contributed by atoms with Crippen LogP contribution in [-0.4, -0.2) is 38.8 Å². The molecular weight excluding hydrogens is 324 g/mol. The van der Waals surface area contributed by atoms with E-state index in [-0.39, 0.29) is 17.4 Å². The SMILES string of the molecule is Cc1ncsc1C(=O)N1CC[C@@H](c2cc3ncccc3c(=O)[nH]2)C1. The molecule has 0 bridgehead atoms. The summed E-state index contributed by atoms with van der Waals surface area (Å²) in [4.78, 5) is 38.7. The molecule has 3 aromatic heterocycles. The predicted octanol–water partition coefficient (Wildman–Crippen LogP) is 2.32. The lowest BCUT2D eigenvalue weighted by Gasteiger charge is -2.16. The number of carbonyl (C=O) groups excluding carboxylic acids is 1. The Morgan fingerprint density at radius 3 is 3.08 bits per heavy atom. The van der Waals surface area contributed by atoms with Gasteiger partial charge in [-0.3, -0.25) is 14.6 Å². The van der Waals surface area contributed by atoms with E-state index in [2.05, 4.69) is 15.0 Å². The van der Waals surface area contributed by atoms with Gasteiger partial charge in [0.2, 0.25) is 0 Å². The zero-order valence-corrected chi connectivity index (χ0v) is 14.0. The van der Waals surface area contributed by atoms with Crippen LogP contribution in [0.4, 0.5) is 0 Å². The molecule has 0 spiro atoms. The largest absolute Gasteiger partial charge is 0.337 e. The monoisotopic (exact) mass is 340 g/mol. The maximum atomic E-state index is 12.6. The van der Waals surface area contributed by atoms with E-state index in [9.17, 15) is 9.59 Å². The van der Waals surface area contributed by atoms with Crippen molar-refractivity contribution in [3.05, 3.63) is 56.5 Å². The quantitative estimate of drug-likeness (QED) is 0.776. The van der Waals surface area contributed by atoms with Gasteiger partial charge in [0, 0.05) is 30.9 Å². The Morgan fingerprint density at radius 1 is 1.42 bits per heavy atom. The first kappa shape index (κ1) is 15.0.